The number of nitrogens with two attached hydrogens (primary N) is 1. The number of pyridine rings is 1. The monoisotopic (exact) mass is 326 g/mol. The molecular weight excluding hydrogens is 308 g/mol. The minimum absolute atomic E-state index is 0.0605. The molecule has 0 aromatic carbocycles. The van der Waals surface area contributed by atoms with Gasteiger partial charge in [0.1, 0.15) is 5.69 Å². The van der Waals surface area contributed by atoms with Crippen LogP contribution >= 0.6 is 23.8 Å². The van der Waals surface area contributed by atoms with E-state index in [0.29, 0.717) is 28.8 Å². The van der Waals surface area contributed by atoms with Crippen molar-refractivity contribution >= 4 is 34.7 Å². The van der Waals surface area contributed by atoms with Crippen molar-refractivity contribution in [3.8, 4) is 0 Å². The van der Waals surface area contributed by atoms with E-state index in [2.05, 4.69) is 16.8 Å². The van der Waals surface area contributed by atoms with E-state index in [-0.39, 0.29) is 11.9 Å². The molecule has 0 spiro atoms. The number of aromatic nitrogens is 1. The first kappa shape index (κ1) is 16.1. The zero-order valence-corrected chi connectivity index (χ0v) is 13.5. The average molecular weight is 327 g/mol. The Labute approximate surface area is 135 Å². The number of amides is 1. The van der Waals surface area contributed by atoms with Crippen molar-refractivity contribution in [1.29, 1.82) is 0 Å². The molecule has 1 aliphatic heterocycles. The Bertz CT molecular complexity index is 514. The molecule has 1 saturated heterocycles. The fourth-order valence-corrected chi connectivity index (χ4v) is 2.97. The minimum Gasteiger partial charge on any atom is -0.392 e. The van der Waals surface area contributed by atoms with Crippen LogP contribution < -0.4 is 5.73 Å². The van der Waals surface area contributed by atoms with Crippen LogP contribution in [0.3, 0.4) is 0 Å². The molecule has 1 aromatic heterocycles. The fourth-order valence-electron chi connectivity index (χ4n) is 2.54. The quantitative estimate of drug-likeness (QED) is 0.851. The van der Waals surface area contributed by atoms with Crippen molar-refractivity contribution < 1.29 is 4.79 Å². The van der Waals surface area contributed by atoms with Gasteiger partial charge in [0.2, 0.25) is 0 Å². The Morgan fingerprint density at radius 1 is 1.43 bits per heavy atom. The maximum atomic E-state index is 12.3. The van der Waals surface area contributed by atoms with Gasteiger partial charge in [-0.2, -0.15) is 0 Å². The summed E-state index contributed by atoms with van der Waals surface area (Å²) in [6, 6.07) is 3.45. The molecule has 1 amide bonds. The number of hydrogen-bond donors (Lipinski definition) is 1. The molecule has 0 saturated carbocycles. The topological polar surface area (TPSA) is 62.5 Å². The predicted octanol–water partition coefficient (Wildman–Crippen LogP) is 1.56. The Morgan fingerprint density at radius 2 is 2.10 bits per heavy atom. The van der Waals surface area contributed by atoms with E-state index in [4.69, 9.17) is 29.6 Å². The van der Waals surface area contributed by atoms with E-state index in [1.165, 1.54) is 6.20 Å². The summed E-state index contributed by atoms with van der Waals surface area (Å²) >= 11 is 10.9. The van der Waals surface area contributed by atoms with Crippen LogP contribution in [0.2, 0.25) is 5.02 Å². The summed E-state index contributed by atoms with van der Waals surface area (Å²) in [6.45, 7) is 4.92. The van der Waals surface area contributed by atoms with Crippen LogP contribution in [0, 0.1) is 0 Å². The molecule has 7 heteroatoms. The minimum atomic E-state index is -0.0605. The highest BCUT2D eigenvalue weighted by Crippen LogP contribution is 2.13. The van der Waals surface area contributed by atoms with Crippen molar-refractivity contribution in [3.05, 3.63) is 29.0 Å². The molecule has 2 N–H and O–H groups in total. The second-order valence-corrected chi connectivity index (χ2v) is 5.92. The van der Waals surface area contributed by atoms with E-state index >= 15 is 0 Å². The highest BCUT2D eigenvalue weighted by Gasteiger charge is 2.27. The first-order valence-corrected chi connectivity index (χ1v) is 7.75. The van der Waals surface area contributed by atoms with Crippen LogP contribution in [0.1, 0.15) is 23.8 Å². The lowest BCUT2D eigenvalue weighted by Gasteiger charge is -2.38. The van der Waals surface area contributed by atoms with E-state index < -0.39 is 0 Å². The van der Waals surface area contributed by atoms with Crippen molar-refractivity contribution in [1.82, 2.24) is 14.8 Å². The fraction of sp³-hybridized carbons (Fsp3) is 0.500. The number of rotatable bonds is 4. The smallest absolute Gasteiger partial charge is 0.272 e. The zero-order chi connectivity index (χ0) is 15.4. The number of hydrogen-bond acceptors (Lipinski definition) is 4. The number of nitrogens with zero attached hydrogens (tertiary/aromatic N) is 3. The highest BCUT2D eigenvalue weighted by atomic mass is 35.5. The summed E-state index contributed by atoms with van der Waals surface area (Å²) in [5.41, 5.74) is 6.19. The third-order valence-corrected chi connectivity index (χ3v) is 4.20. The van der Waals surface area contributed by atoms with Gasteiger partial charge in [0.05, 0.1) is 16.1 Å². The third kappa shape index (κ3) is 3.90. The molecule has 0 aliphatic carbocycles. The number of carbonyl (C=O) groups excluding carboxylic acids is 1. The van der Waals surface area contributed by atoms with Crippen LogP contribution in [0.4, 0.5) is 0 Å². The molecular formula is C14H19ClN4OS. The van der Waals surface area contributed by atoms with E-state index in [0.717, 1.165) is 19.5 Å². The summed E-state index contributed by atoms with van der Waals surface area (Å²) < 4.78 is 0. The van der Waals surface area contributed by atoms with Gasteiger partial charge in [0.25, 0.3) is 5.91 Å². The van der Waals surface area contributed by atoms with Gasteiger partial charge >= 0.3 is 0 Å². The van der Waals surface area contributed by atoms with E-state index in [1.54, 1.807) is 17.0 Å². The maximum Gasteiger partial charge on any atom is 0.272 e. The predicted molar refractivity (Wildman–Crippen MR) is 87.6 cm³/mol. The van der Waals surface area contributed by atoms with Crippen molar-refractivity contribution in [2.24, 2.45) is 5.73 Å². The number of piperazine rings is 1. The standard InChI is InChI=1S/C14H19ClN4OS/c1-2-12(13(16)21)18-5-7-19(8-6-18)14(20)11-4-3-10(15)9-17-11/h3-4,9,12H,2,5-8H2,1H3,(H2,16,21). The first-order valence-electron chi connectivity index (χ1n) is 6.97. The Morgan fingerprint density at radius 3 is 2.57 bits per heavy atom. The van der Waals surface area contributed by atoms with Gasteiger partial charge < -0.3 is 10.6 Å². The summed E-state index contributed by atoms with van der Waals surface area (Å²) in [4.78, 5) is 21.0. The number of thiocarbonyl (C=S) groups is 1. The Balaban J connectivity index is 1.96. The molecule has 5 nitrogen and oxygen atoms in total. The van der Waals surface area contributed by atoms with Gasteiger partial charge in [0, 0.05) is 32.4 Å². The first-order chi connectivity index (χ1) is 10.0. The zero-order valence-electron chi connectivity index (χ0n) is 12.0. The van der Waals surface area contributed by atoms with Gasteiger partial charge in [-0.1, -0.05) is 30.7 Å². The van der Waals surface area contributed by atoms with Crippen LogP contribution in [-0.4, -0.2) is 57.9 Å². The van der Waals surface area contributed by atoms with Gasteiger partial charge in [-0.05, 0) is 18.6 Å². The summed E-state index contributed by atoms with van der Waals surface area (Å²) in [5.74, 6) is -0.0605. The lowest BCUT2D eigenvalue weighted by molar-refractivity contribution is 0.0606. The number of halogens is 1. The normalized spacial score (nSPS) is 17.5. The molecule has 1 aliphatic rings. The molecule has 1 unspecified atom stereocenters. The Hall–Kier alpha value is -1.24. The SMILES string of the molecule is CCC(C(N)=S)N1CCN(C(=O)c2ccc(Cl)cn2)CC1. The Kier molecular flexibility index (Phi) is 5.50. The van der Waals surface area contributed by atoms with Gasteiger partial charge in [-0.3, -0.25) is 9.69 Å². The number of carbonyl (C=O) groups is 1. The molecule has 114 valence electrons. The average Bonchev–Trinajstić information content (AvgIpc) is 2.48. The molecule has 0 bridgehead atoms. The van der Waals surface area contributed by atoms with Crippen LogP contribution in [-0.2, 0) is 0 Å². The summed E-state index contributed by atoms with van der Waals surface area (Å²) in [7, 11) is 0. The lowest BCUT2D eigenvalue weighted by atomic mass is 10.1. The molecule has 1 fully saturated rings. The molecule has 2 rings (SSSR count). The molecule has 2 heterocycles. The summed E-state index contributed by atoms with van der Waals surface area (Å²) in [5, 5.41) is 0.526. The second-order valence-electron chi connectivity index (χ2n) is 5.02. The van der Waals surface area contributed by atoms with E-state index in [9.17, 15) is 4.79 Å². The molecule has 0 radical (unpaired) electrons. The molecule has 1 atom stereocenters. The molecule has 21 heavy (non-hydrogen) atoms. The summed E-state index contributed by atoms with van der Waals surface area (Å²) in [6.07, 6.45) is 2.38. The van der Waals surface area contributed by atoms with Crippen LogP contribution in [0.25, 0.3) is 0 Å². The molecule has 1 aromatic rings. The van der Waals surface area contributed by atoms with Crippen molar-refractivity contribution in [2.75, 3.05) is 26.2 Å². The van der Waals surface area contributed by atoms with Crippen molar-refractivity contribution in [3.63, 3.8) is 0 Å². The van der Waals surface area contributed by atoms with Crippen LogP contribution in [0.15, 0.2) is 18.3 Å². The van der Waals surface area contributed by atoms with Gasteiger partial charge in [-0.15, -0.1) is 0 Å². The lowest BCUT2D eigenvalue weighted by Crippen LogP contribution is -2.54. The van der Waals surface area contributed by atoms with Gasteiger partial charge in [-0.25, -0.2) is 4.98 Å². The third-order valence-electron chi connectivity index (χ3n) is 3.70. The second kappa shape index (κ2) is 7.15. The van der Waals surface area contributed by atoms with Crippen LogP contribution in [0.5, 0.6) is 0 Å². The highest BCUT2D eigenvalue weighted by molar-refractivity contribution is 7.80. The van der Waals surface area contributed by atoms with Crippen molar-refractivity contribution in [2.45, 2.75) is 19.4 Å². The largest absolute Gasteiger partial charge is 0.392 e. The van der Waals surface area contributed by atoms with E-state index in [1.807, 2.05) is 0 Å². The maximum absolute atomic E-state index is 12.3. The van der Waals surface area contributed by atoms with Gasteiger partial charge in [0.15, 0.2) is 0 Å².